The van der Waals surface area contributed by atoms with Crippen LogP contribution in [0.5, 0.6) is 5.75 Å². The molecular weight excluding hydrogens is 351 g/mol. The van der Waals surface area contributed by atoms with Crippen molar-refractivity contribution in [3.8, 4) is 11.4 Å². The van der Waals surface area contributed by atoms with Gasteiger partial charge in [0.05, 0.1) is 5.69 Å². The minimum Gasteiger partial charge on any atom is -0.482 e. The molecule has 0 saturated heterocycles. The van der Waals surface area contributed by atoms with Crippen LogP contribution in [0.4, 0.5) is 15.8 Å². The third-order valence-corrected chi connectivity index (χ3v) is 4.09. The number of para-hydroxylation sites is 2. The Balaban J connectivity index is 1.49. The third-order valence-electron chi connectivity index (χ3n) is 4.09. The molecule has 4 rings (SSSR count). The fourth-order valence-corrected chi connectivity index (χ4v) is 2.85. The summed E-state index contributed by atoms with van der Waals surface area (Å²) in [5, 5.41) is 6.59. The number of aromatic nitrogens is 2. The van der Waals surface area contributed by atoms with E-state index < -0.39 is 11.7 Å². The summed E-state index contributed by atoms with van der Waals surface area (Å²) >= 11 is 0. The molecule has 1 aromatic heterocycles. The quantitative estimate of drug-likeness (QED) is 0.769. The molecule has 0 bridgehead atoms. The van der Waals surface area contributed by atoms with Crippen molar-refractivity contribution in [2.45, 2.75) is 0 Å². The van der Waals surface area contributed by atoms with E-state index in [1.807, 2.05) is 0 Å². The van der Waals surface area contributed by atoms with Gasteiger partial charge in [0, 0.05) is 18.1 Å². The molecule has 0 fully saturated rings. The summed E-state index contributed by atoms with van der Waals surface area (Å²) in [4.78, 5) is 25.9. The first kappa shape index (κ1) is 16.8. The molecule has 27 heavy (non-hydrogen) atoms. The van der Waals surface area contributed by atoms with E-state index in [0.29, 0.717) is 17.1 Å². The predicted molar refractivity (Wildman–Crippen MR) is 96.4 cm³/mol. The Hall–Kier alpha value is -3.68. The second-order valence-electron chi connectivity index (χ2n) is 5.90. The van der Waals surface area contributed by atoms with Crippen LogP contribution in [-0.4, -0.2) is 34.7 Å². The second kappa shape index (κ2) is 6.91. The Labute approximate surface area is 154 Å². The molecule has 2 heterocycles. The molecule has 1 aliphatic rings. The zero-order valence-corrected chi connectivity index (χ0v) is 14.1. The summed E-state index contributed by atoms with van der Waals surface area (Å²) in [6, 6.07) is 13.0. The average Bonchev–Trinajstić information content (AvgIpc) is 3.18. The van der Waals surface area contributed by atoms with Gasteiger partial charge in [-0.05, 0) is 36.4 Å². The number of benzene rings is 2. The monoisotopic (exact) mass is 366 g/mol. The molecule has 0 saturated carbocycles. The van der Waals surface area contributed by atoms with Crippen LogP contribution in [0, 0.1) is 5.82 Å². The number of amides is 2. The van der Waals surface area contributed by atoms with E-state index in [4.69, 9.17) is 4.74 Å². The van der Waals surface area contributed by atoms with Crippen molar-refractivity contribution in [1.82, 2.24) is 9.78 Å². The van der Waals surface area contributed by atoms with Gasteiger partial charge >= 0.3 is 0 Å². The SMILES string of the molecule is O=C(CN1C(=O)COc2ccccc21)Nc1ccc(-n2cccn2)c(F)c1. The molecule has 0 aliphatic carbocycles. The maximum Gasteiger partial charge on any atom is 0.265 e. The lowest BCUT2D eigenvalue weighted by Crippen LogP contribution is -2.43. The van der Waals surface area contributed by atoms with Crippen molar-refractivity contribution in [2.24, 2.45) is 0 Å². The molecule has 1 aliphatic heterocycles. The first-order valence-electron chi connectivity index (χ1n) is 8.23. The summed E-state index contributed by atoms with van der Waals surface area (Å²) in [5.41, 5.74) is 1.10. The van der Waals surface area contributed by atoms with E-state index in [-0.39, 0.29) is 24.7 Å². The molecule has 0 spiro atoms. The van der Waals surface area contributed by atoms with Gasteiger partial charge in [0.15, 0.2) is 12.4 Å². The number of nitrogens with one attached hydrogen (secondary N) is 1. The zero-order chi connectivity index (χ0) is 18.8. The van der Waals surface area contributed by atoms with Crippen molar-refractivity contribution in [2.75, 3.05) is 23.4 Å². The molecule has 2 amide bonds. The number of carbonyl (C=O) groups excluding carboxylic acids is 2. The highest BCUT2D eigenvalue weighted by Crippen LogP contribution is 2.31. The first-order chi connectivity index (χ1) is 13.1. The maximum absolute atomic E-state index is 14.3. The van der Waals surface area contributed by atoms with Gasteiger partial charge in [-0.2, -0.15) is 5.10 Å². The number of halogens is 1. The van der Waals surface area contributed by atoms with Crippen LogP contribution >= 0.6 is 0 Å². The highest BCUT2D eigenvalue weighted by atomic mass is 19.1. The largest absolute Gasteiger partial charge is 0.482 e. The van der Waals surface area contributed by atoms with Gasteiger partial charge < -0.3 is 10.1 Å². The lowest BCUT2D eigenvalue weighted by molar-refractivity contribution is -0.123. The molecule has 0 unspecified atom stereocenters. The molecule has 0 radical (unpaired) electrons. The Bertz CT molecular complexity index is 1000. The van der Waals surface area contributed by atoms with Crippen LogP contribution in [0.2, 0.25) is 0 Å². The minimum atomic E-state index is -0.524. The molecule has 136 valence electrons. The normalized spacial score (nSPS) is 13.1. The Kier molecular flexibility index (Phi) is 4.29. The van der Waals surface area contributed by atoms with Gasteiger partial charge in [0.1, 0.15) is 18.0 Å². The first-order valence-corrected chi connectivity index (χ1v) is 8.23. The van der Waals surface area contributed by atoms with Gasteiger partial charge in [-0.1, -0.05) is 12.1 Å². The van der Waals surface area contributed by atoms with E-state index in [9.17, 15) is 14.0 Å². The molecule has 0 atom stereocenters. The summed E-state index contributed by atoms with van der Waals surface area (Å²) in [5.74, 6) is -0.737. The number of ether oxygens (including phenoxy) is 1. The molecule has 3 aromatic rings. The number of hydrogen-bond acceptors (Lipinski definition) is 4. The van der Waals surface area contributed by atoms with Gasteiger partial charge in [-0.25, -0.2) is 9.07 Å². The zero-order valence-electron chi connectivity index (χ0n) is 14.1. The van der Waals surface area contributed by atoms with Crippen molar-refractivity contribution in [3.05, 3.63) is 66.7 Å². The topological polar surface area (TPSA) is 76.5 Å². The van der Waals surface area contributed by atoms with Crippen molar-refractivity contribution < 1.29 is 18.7 Å². The van der Waals surface area contributed by atoms with E-state index in [0.717, 1.165) is 0 Å². The summed E-state index contributed by atoms with van der Waals surface area (Å²) in [6.45, 7) is -0.320. The van der Waals surface area contributed by atoms with Gasteiger partial charge in [-0.15, -0.1) is 0 Å². The van der Waals surface area contributed by atoms with Crippen LogP contribution in [0.15, 0.2) is 60.9 Å². The van der Waals surface area contributed by atoms with E-state index in [1.165, 1.54) is 21.7 Å². The van der Waals surface area contributed by atoms with Gasteiger partial charge in [0.25, 0.3) is 5.91 Å². The molecule has 8 heteroatoms. The predicted octanol–water partition coefficient (Wildman–Crippen LogP) is 2.38. The Morgan fingerprint density at radius 1 is 1.19 bits per heavy atom. The maximum atomic E-state index is 14.3. The smallest absolute Gasteiger partial charge is 0.265 e. The van der Waals surface area contributed by atoms with Gasteiger partial charge in [-0.3, -0.25) is 14.5 Å². The summed E-state index contributed by atoms with van der Waals surface area (Å²) in [7, 11) is 0. The minimum absolute atomic E-state index is 0.127. The standard InChI is InChI=1S/C19H15FN4O3/c20-14-10-13(6-7-15(14)24-9-3-8-21-24)22-18(25)11-23-16-4-1-2-5-17(16)27-12-19(23)26/h1-10H,11-12H2,(H,22,25). The van der Waals surface area contributed by atoms with E-state index in [1.54, 1.807) is 48.8 Å². The van der Waals surface area contributed by atoms with E-state index in [2.05, 4.69) is 10.4 Å². The highest BCUT2D eigenvalue weighted by Gasteiger charge is 2.27. The number of carbonyl (C=O) groups is 2. The fraction of sp³-hybridized carbons (Fsp3) is 0.105. The molecule has 2 aromatic carbocycles. The van der Waals surface area contributed by atoms with Crippen LogP contribution in [0.25, 0.3) is 5.69 Å². The number of fused-ring (bicyclic) bond motifs is 1. The van der Waals surface area contributed by atoms with Gasteiger partial charge in [0.2, 0.25) is 5.91 Å². The number of rotatable bonds is 4. The molecule has 7 nitrogen and oxygen atoms in total. The molecular formula is C19H15FN4O3. The third kappa shape index (κ3) is 3.37. The summed E-state index contributed by atoms with van der Waals surface area (Å²) < 4.78 is 21.0. The van der Waals surface area contributed by atoms with Crippen LogP contribution in [0.1, 0.15) is 0 Å². The lowest BCUT2D eigenvalue weighted by Gasteiger charge is -2.28. The Morgan fingerprint density at radius 3 is 2.81 bits per heavy atom. The van der Waals surface area contributed by atoms with Crippen LogP contribution < -0.4 is 15.0 Å². The van der Waals surface area contributed by atoms with Crippen LogP contribution in [0.3, 0.4) is 0 Å². The second-order valence-corrected chi connectivity index (χ2v) is 5.90. The fourth-order valence-electron chi connectivity index (χ4n) is 2.85. The lowest BCUT2D eigenvalue weighted by atomic mass is 10.2. The number of anilines is 2. The molecule has 1 N–H and O–H groups in total. The van der Waals surface area contributed by atoms with E-state index >= 15 is 0 Å². The Morgan fingerprint density at radius 2 is 2.04 bits per heavy atom. The van der Waals surface area contributed by atoms with Crippen molar-refractivity contribution >= 4 is 23.2 Å². The average molecular weight is 366 g/mol. The summed E-state index contributed by atoms with van der Waals surface area (Å²) in [6.07, 6.45) is 3.17. The van der Waals surface area contributed by atoms with Crippen LogP contribution in [-0.2, 0) is 9.59 Å². The van der Waals surface area contributed by atoms with Crippen molar-refractivity contribution in [1.29, 1.82) is 0 Å². The van der Waals surface area contributed by atoms with Crippen molar-refractivity contribution in [3.63, 3.8) is 0 Å². The highest BCUT2D eigenvalue weighted by molar-refractivity contribution is 6.04. The number of hydrogen-bond donors (Lipinski definition) is 1. The number of nitrogens with zero attached hydrogens (tertiary/aromatic N) is 3.